The van der Waals surface area contributed by atoms with Gasteiger partial charge < -0.3 is 5.73 Å². The summed E-state index contributed by atoms with van der Waals surface area (Å²) in [5.74, 6) is 0.0356. The molecule has 0 radical (unpaired) electrons. The van der Waals surface area contributed by atoms with Gasteiger partial charge in [-0.05, 0) is 35.2 Å². The van der Waals surface area contributed by atoms with Crippen LogP contribution in [0.2, 0.25) is 5.02 Å². The number of carbonyl (C=O) groups excluding carboxylic acids is 1. The van der Waals surface area contributed by atoms with Gasteiger partial charge in [-0.2, -0.15) is 0 Å². The third-order valence-corrected chi connectivity index (χ3v) is 5.48. The van der Waals surface area contributed by atoms with Crippen LogP contribution in [0.5, 0.6) is 0 Å². The fraction of sp³-hybridized carbons (Fsp3) is 0.130. The SMILES string of the molecule is Cc1ccc(CN2C(=O)C(c3ccccc3)(c3ccccc3)N=C2N)cc1Cl. The molecule has 0 atom stereocenters. The Labute approximate surface area is 169 Å². The Morgan fingerprint density at radius 2 is 1.54 bits per heavy atom. The molecule has 28 heavy (non-hydrogen) atoms. The maximum Gasteiger partial charge on any atom is 0.266 e. The van der Waals surface area contributed by atoms with Gasteiger partial charge in [0.2, 0.25) is 0 Å². The number of rotatable bonds is 4. The normalized spacial score (nSPS) is 15.6. The molecule has 3 aromatic rings. The van der Waals surface area contributed by atoms with E-state index in [0.717, 1.165) is 22.3 Å². The van der Waals surface area contributed by atoms with Crippen LogP contribution in [-0.4, -0.2) is 16.8 Å². The third-order valence-electron chi connectivity index (χ3n) is 5.07. The van der Waals surface area contributed by atoms with Gasteiger partial charge in [-0.1, -0.05) is 84.4 Å². The van der Waals surface area contributed by atoms with E-state index in [1.807, 2.05) is 85.8 Å². The summed E-state index contributed by atoms with van der Waals surface area (Å²) in [5, 5.41) is 0.664. The zero-order valence-electron chi connectivity index (χ0n) is 15.5. The largest absolute Gasteiger partial charge is 0.369 e. The summed E-state index contributed by atoms with van der Waals surface area (Å²) in [7, 11) is 0. The first-order valence-electron chi connectivity index (χ1n) is 9.06. The number of amides is 1. The number of carbonyl (C=O) groups is 1. The molecule has 3 aromatic carbocycles. The quantitative estimate of drug-likeness (QED) is 0.725. The molecule has 4 rings (SSSR count). The number of aliphatic imine (C=N–C) groups is 1. The van der Waals surface area contributed by atoms with Crippen LogP contribution in [0.3, 0.4) is 0 Å². The van der Waals surface area contributed by atoms with Crippen LogP contribution in [0, 0.1) is 6.92 Å². The Balaban J connectivity index is 1.79. The highest BCUT2D eigenvalue weighted by atomic mass is 35.5. The fourth-order valence-electron chi connectivity index (χ4n) is 3.55. The first-order valence-corrected chi connectivity index (χ1v) is 9.43. The predicted octanol–water partition coefficient (Wildman–Crippen LogP) is 4.25. The summed E-state index contributed by atoms with van der Waals surface area (Å²) < 4.78 is 0. The van der Waals surface area contributed by atoms with Crippen LogP contribution in [0.15, 0.2) is 83.9 Å². The maximum atomic E-state index is 13.7. The van der Waals surface area contributed by atoms with Crippen molar-refractivity contribution in [1.82, 2.24) is 4.90 Å². The van der Waals surface area contributed by atoms with Gasteiger partial charge in [0.05, 0.1) is 6.54 Å². The molecule has 2 N–H and O–H groups in total. The number of nitrogens with zero attached hydrogens (tertiary/aromatic N) is 2. The van der Waals surface area contributed by atoms with Crippen LogP contribution in [0.1, 0.15) is 22.3 Å². The Hall–Kier alpha value is -3.11. The molecule has 140 valence electrons. The lowest BCUT2D eigenvalue weighted by molar-refractivity contribution is -0.130. The fourth-order valence-corrected chi connectivity index (χ4v) is 3.75. The highest BCUT2D eigenvalue weighted by molar-refractivity contribution is 6.31. The maximum absolute atomic E-state index is 13.7. The molecule has 0 aromatic heterocycles. The molecule has 0 fully saturated rings. The van der Waals surface area contributed by atoms with Gasteiger partial charge >= 0.3 is 0 Å². The van der Waals surface area contributed by atoms with Crippen molar-refractivity contribution >= 4 is 23.5 Å². The minimum atomic E-state index is -1.18. The Bertz CT molecular complexity index is 1010. The van der Waals surface area contributed by atoms with Gasteiger partial charge in [0, 0.05) is 5.02 Å². The van der Waals surface area contributed by atoms with E-state index in [2.05, 4.69) is 0 Å². The lowest BCUT2D eigenvalue weighted by Crippen LogP contribution is -2.43. The highest BCUT2D eigenvalue weighted by Gasteiger charge is 2.50. The van der Waals surface area contributed by atoms with Gasteiger partial charge in [0.1, 0.15) is 0 Å². The lowest BCUT2D eigenvalue weighted by atomic mass is 9.83. The summed E-state index contributed by atoms with van der Waals surface area (Å²) >= 11 is 6.25. The average molecular weight is 390 g/mol. The molecule has 0 unspecified atom stereocenters. The van der Waals surface area contributed by atoms with E-state index in [4.69, 9.17) is 22.3 Å². The molecule has 1 amide bonds. The summed E-state index contributed by atoms with van der Waals surface area (Å²) in [6.07, 6.45) is 0. The number of guanidine groups is 1. The minimum absolute atomic E-state index is 0.168. The van der Waals surface area contributed by atoms with Crippen LogP contribution >= 0.6 is 11.6 Å². The predicted molar refractivity (Wildman–Crippen MR) is 112 cm³/mol. The molecule has 0 saturated heterocycles. The van der Waals surface area contributed by atoms with Crippen molar-refractivity contribution in [3.8, 4) is 0 Å². The molecule has 1 aliphatic rings. The smallest absolute Gasteiger partial charge is 0.266 e. The van der Waals surface area contributed by atoms with Crippen molar-refractivity contribution < 1.29 is 4.79 Å². The summed E-state index contributed by atoms with van der Waals surface area (Å²) in [6.45, 7) is 2.26. The van der Waals surface area contributed by atoms with E-state index in [-0.39, 0.29) is 11.9 Å². The lowest BCUT2D eigenvalue weighted by Gasteiger charge is -2.27. The van der Waals surface area contributed by atoms with E-state index in [1.54, 1.807) is 0 Å². The molecule has 1 heterocycles. The van der Waals surface area contributed by atoms with Crippen molar-refractivity contribution in [3.05, 3.63) is 106 Å². The topological polar surface area (TPSA) is 58.7 Å². The van der Waals surface area contributed by atoms with E-state index in [0.29, 0.717) is 11.6 Å². The number of benzene rings is 3. The number of aryl methyl sites for hydroxylation is 1. The Morgan fingerprint density at radius 1 is 0.964 bits per heavy atom. The Kier molecular flexibility index (Phi) is 4.65. The molecule has 4 nitrogen and oxygen atoms in total. The van der Waals surface area contributed by atoms with Crippen LogP contribution in [-0.2, 0) is 16.9 Å². The Morgan fingerprint density at radius 3 is 2.07 bits per heavy atom. The number of hydrogen-bond donors (Lipinski definition) is 1. The molecule has 0 spiro atoms. The van der Waals surface area contributed by atoms with Crippen molar-refractivity contribution in [3.63, 3.8) is 0 Å². The second-order valence-electron chi connectivity index (χ2n) is 6.89. The van der Waals surface area contributed by atoms with Crippen LogP contribution < -0.4 is 5.73 Å². The zero-order valence-corrected chi connectivity index (χ0v) is 16.2. The standard InChI is InChI=1S/C23H20ClN3O/c1-16-12-13-17(14-20(16)24)15-27-21(28)23(26-22(27)25,18-8-4-2-5-9-18)19-10-6-3-7-11-19/h2-14H,15H2,1H3,(H2,25,26). The van der Waals surface area contributed by atoms with Gasteiger partial charge in [-0.3, -0.25) is 9.69 Å². The molecular formula is C23H20ClN3O. The number of hydrogen-bond acceptors (Lipinski definition) is 3. The summed E-state index contributed by atoms with van der Waals surface area (Å²) in [6, 6.07) is 24.8. The summed E-state index contributed by atoms with van der Waals surface area (Å²) in [4.78, 5) is 19.9. The molecule has 5 heteroatoms. The molecular weight excluding hydrogens is 370 g/mol. The van der Waals surface area contributed by atoms with E-state index in [9.17, 15) is 4.79 Å². The molecule has 1 aliphatic heterocycles. The highest BCUT2D eigenvalue weighted by Crippen LogP contribution is 2.40. The van der Waals surface area contributed by atoms with Crippen LogP contribution in [0.25, 0.3) is 0 Å². The minimum Gasteiger partial charge on any atom is -0.369 e. The monoisotopic (exact) mass is 389 g/mol. The first-order chi connectivity index (χ1) is 13.5. The van der Waals surface area contributed by atoms with Gasteiger partial charge in [-0.25, -0.2) is 4.99 Å². The third kappa shape index (κ3) is 2.96. The number of nitrogens with two attached hydrogens (primary N) is 1. The van der Waals surface area contributed by atoms with E-state index < -0.39 is 5.54 Å². The first kappa shape index (κ1) is 18.3. The second kappa shape index (κ2) is 7.13. The van der Waals surface area contributed by atoms with Crippen molar-refractivity contribution in [2.75, 3.05) is 0 Å². The number of halogens is 1. The molecule has 0 saturated carbocycles. The van der Waals surface area contributed by atoms with E-state index in [1.165, 1.54) is 4.90 Å². The van der Waals surface area contributed by atoms with Crippen molar-refractivity contribution in [2.45, 2.75) is 19.0 Å². The molecule has 0 aliphatic carbocycles. The zero-order chi connectivity index (χ0) is 19.7. The second-order valence-corrected chi connectivity index (χ2v) is 7.29. The van der Waals surface area contributed by atoms with E-state index >= 15 is 0 Å². The van der Waals surface area contributed by atoms with Crippen molar-refractivity contribution in [2.24, 2.45) is 10.7 Å². The van der Waals surface area contributed by atoms with Gasteiger partial charge in [0.15, 0.2) is 11.5 Å². The van der Waals surface area contributed by atoms with Gasteiger partial charge in [-0.15, -0.1) is 0 Å². The van der Waals surface area contributed by atoms with Crippen molar-refractivity contribution in [1.29, 1.82) is 0 Å². The van der Waals surface area contributed by atoms with Crippen LogP contribution in [0.4, 0.5) is 0 Å². The average Bonchev–Trinajstić information content (AvgIpc) is 2.98. The van der Waals surface area contributed by atoms with Gasteiger partial charge in [0.25, 0.3) is 5.91 Å². The summed E-state index contributed by atoms with van der Waals surface area (Å²) in [5.41, 5.74) is 8.55. The molecule has 0 bridgehead atoms.